The van der Waals surface area contributed by atoms with Crippen molar-refractivity contribution < 1.29 is 29.3 Å². The van der Waals surface area contributed by atoms with Crippen LogP contribution in [0.4, 0.5) is 5.69 Å². The first-order valence-electron chi connectivity index (χ1n) is 12.8. The molecule has 4 aromatic rings. The normalized spacial score (nSPS) is 18.7. The maximum absolute atomic E-state index is 12.7. The molecule has 1 saturated heterocycles. The van der Waals surface area contributed by atoms with Crippen LogP contribution >= 0.6 is 11.8 Å². The first-order valence-corrected chi connectivity index (χ1v) is 13.8. The predicted octanol–water partition coefficient (Wildman–Crippen LogP) is 5.86. The number of carboxylic acid groups (broad SMARTS) is 1. The molecule has 5 rings (SSSR count). The van der Waals surface area contributed by atoms with E-state index in [0.717, 1.165) is 16.7 Å². The summed E-state index contributed by atoms with van der Waals surface area (Å²) in [6, 6.07) is 25.2. The molecule has 1 aromatic heterocycles. The minimum atomic E-state index is -0.971. The zero-order valence-corrected chi connectivity index (χ0v) is 22.3. The number of amides is 1. The number of pyridine rings is 1. The Kier molecular flexibility index (Phi) is 8.87. The number of carboxylic acids is 1. The maximum Gasteiger partial charge on any atom is 0.336 e. The third-order valence-corrected chi connectivity index (χ3v) is 7.70. The van der Waals surface area contributed by atoms with Gasteiger partial charge in [-0.2, -0.15) is 0 Å². The highest BCUT2D eigenvalue weighted by molar-refractivity contribution is 7.99. The summed E-state index contributed by atoms with van der Waals surface area (Å²) in [5.74, 6) is -0.725. The van der Waals surface area contributed by atoms with Crippen LogP contribution in [-0.2, 0) is 16.1 Å². The molecule has 1 aliphatic rings. The van der Waals surface area contributed by atoms with Gasteiger partial charge >= 0.3 is 5.97 Å². The van der Waals surface area contributed by atoms with Crippen LogP contribution in [0.25, 0.3) is 0 Å². The van der Waals surface area contributed by atoms with Crippen molar-refractivity contribution in [3.63, 3.8) is 0 Å². The Labute approximate surface area is 236 Å². The number of carbonyl (C=O) groups is 2. The molecule has 204 valence electrons. The molecule has 1 aliphatic heterocycles. The zero-order chi connectivity index (χ0) is 27.9. The molecular weight excluding hydrogens is 528 g/mol. The number of nitrogens with one attached hydrogen (secondary N) is 1. The van der Waals surface area contributed by atoms with Gasteiger partial charge in [0.2, 0.25) is 0 Å². The quantitative estimate of drug-likeness (QED) is 0.219. The fourth-order valence-corrected chi connectivity index (χ4v) is 5.50. The number of aromatic carboxylic acids is 1. The van der Waals surface area contributed by atoms with E-state index in [1.165, 1.54) is 18.0 Å². The van der Waals surface area contributed by atoms with E-state index in [4.69, 9.17) is 9.47 Å². The van der Waals surface area contributed by atoms with E-state index in [1.54, 1.807) is 42.6 Å². The minimum absolute atomic E-state index is 0.0443. The highest BCUT2D eigenvalue weighted by Crippen LogP contribution is 2.40. The zero-order valence-electron chi connectivity index (χ0n) is 21.5. The Morgan fingerprint density at radius 3 is 2.52 bits per heavy atom. The van der Waals surface area contributed by atoms with Crippen LogP contribution in [0, 0.1) is 0 Å². The topological polar surface area (TPSA) is 118 Å². The molecular formula is C31H28N2O6S. The van der Waals surface area contributed by atoms with E-state index in [2.05, 4.69) is 10.3 Å². The van der Waals surface area contributed by atoms with Crippen LogP contribution < -0.4 is 5.32 Å². The lowest BCUT2D eigenvalue weighted by molar-refractivity contribution is -0.245. The lowest BCUT2D eigenvalue weighted by Gasteiger charge is -2.36. The molecule has 3 aromatic carbocycles. The van der Waals surface area contributed by atoms with E-state index < -0.39 is 12.3 Å². The second-order valence-electron chi connectivity index (χ2n) is 9.28. The van der Waals surface area contributed by atoms with Crippen molar-refractivity contribution >= 4 is 29.3 Å². The molecule has 0 bridgehead atoms. The van der Waals surface area contributed by atoms with Gasteiger partial charge in [0.1, 0.15) is 0 Å². The van der Waals surface area contributed by atoms with Crippen LogP contribution in [0.1, 0.15) is 56.2 Å². The van der Waals surface area contributed by atoms with Crippen LogP contribution in [0.3, 0.4) is 0 Å². The lowest BCUT2D eigenvalue weighted by atomic mass is 10.0. The van der Waals surface area contributed by atoms with E-state index in [1.807, 2.05) is 48.5 Å². The second kappa shape index (κ2) is 12.9. The molecule has 9 heteroatoms. The first kappa shape index (κ1) is 27.5. The van der Waals surface area contributed by atoms with Crippen molar-refractivity contribution in [3.8, 4) is 0 Å². The monoisotopic (exact) mass is 556 g/mol. The fraction of sp³-hybridized carbons (Fsp3) is 0.194. The van der Waals surface area contributed by atoms with Gasteiger partial charge in [0.05, 0.1) is 29.9 Å². The number of ether oxygens (including phenoxy) is 2. The number of hydrogen-bond acceptors (Lipinski definition) is 7. The molecule has 1 amide bonds. The highest BCUT2D eigenvalue weighted by Gasteiger charge is 2.32. The average Bonchev–Trinajstić information content (AvgIpc) is 3.00. The highest BCUT2D eigenvalue weighted by atomic mass is 32.2. The van der Waals surface area contributed by atoms with E-state index in [-0.39, 0.29) is 30.3 Å². The minimum Gasteiger partial charge on any atom is -0.478 e. The molecule has 8 nitrogen and oxygen atoms in total. The third-order valence-electron chi connectivity index (χ3n) is 6.50. The van der Waals surface area contributed by atoms with E-state index in [9.17, 15) is 19.8 Å². The standard InChI is InChI=1S/C31H28N2O6S/c34-18-20-10-12-21(13-11-20)27-16-25(19-40-28-9-2-1-8-26(28)30(36)37)38-31(39-27)22-5-3-7-24(15-22)33-29(35)23-6-4-14-32-17-23/h1-15,17,25,27,31,34H,16,18-19H2,(H,33,35)(H,36,37)/t25-,27+,31+/m0/s1. The summed E-state index contributed by atoms with van der Waals surface area (Å²) in [6.07, 6.45) is 2.42. The van der Waals surface area contributed by atoms with Gasteiger partial charge < -0.3 is 25.0 Å². The molecule has 3 N–H and O–H groups in total. The number of benzene rings is 3. The van der Waals surface area contributed by atoms with Gasteiger partial charge in [-0.05, 0) is 47.5 Å². The second-order valence-corrected chi connectivity index (χ2v) is 10.3. The van der Waals surface area contributed by atoms with Crippen LogP contribution in [0.2, 0.25) is 0 Å². The van der Waals surface area contributed by atoms with Crippen LogP contribution in [0.5, 0.6) is 0 Å². The third kappa shape index (κ3) is 6.75. The van der Waals surface area contributed by atoms with Crippen molar-refractivity contribution in [1.29, 1.82) is 0 Å². The SMILES string of the molecule is O=C(Nc1cccc([C@@H]2O[C@H](CSc3ccccc3C(=O)O)C[C@H](c3ccc(CO)cc3)O2)c1)c1cccnc1. The summed E-state index contributed by atoms with van der Waals surface area (Å²) in [4.78, 5) is 29.0. The molecule has 3 atom stereocenters. The number of aromatic nitrogens is 1. The molecule has 0 saturated carbocycles. The lowest BCUT2D eigenvalue weighted by Crippen LogP contribution is -2.31. The fourth-order valence-electron chi connectivity index (χ4n) is 4.44. The first-order chi connectivity index (χ1) is 19.5. The summed E-state index contributed by atoms with van der Waals surface area (Å²) >= 11 is 1.43. The summed E-state index contributed by atoms with van der Waals surface area (Å²) in [5.41, 5.74) is 3.79. The number of carbonyl (C=O) groups excluding carboxylic acids is 1. The largest absolute Gasteiger partial charge is 0.478 e. The number of hydrogen-bond donors (Lipinski definition) is 3. The van der Waals surface area contributed by atoms with Crippen LogP contribution in [-0.4, -0.2) is 38.9 Å². The molecule has 40 heavy (non-hydrogen) atoms. The van der Waals surface area contributed by atoms with Crippen LogP contribution in [0.15, 0.2) is 102 Å². The van der Waals surface area contributed by atoms with Crippen molar-refractivity contribution in [3.05, 3.63) is 125 Å². The number of aliphatic hydroxyl groups is 1. The van der Waals surface area contributed by atoms with Crippen molar-refractivity contribution in [1.82, 2.24) is 4.98 Å². The number of thioether (sulfide) groups is 1. The van der Waals surface area contributed by atoms with Gasteiger partial charge in [0, 0.05) is 40.7 Å². The van der Waals surface area contributed by atoms with Gasteiger partial charge in [-0.1, -0.05) is 48.5 Å². The molecule has 1 fully saturated rings. The Balaban J connectivity index is 1.37. The molecule has 0 spiro atoms. The van der Waals surface area contributed by atoms with E-state index in [0.29, 0.717) is 28.3 Å². The summed E-state index contributed by atoms with van der Waals surface area (Å²) in [7, 11) is 0. The summed E-state index contributed by atoms with van der Waals surface area (Å²) in [5, 5.41) is 21.9. The maximum atomic E-state index is 12.7. The summed E-state index contributed by atoms with van der Waals surface area (Å²) in [6.45, 7) is -0.0443. The van der Waals surface area contributed by atoms with Crippen molar-refractivity contribution in [2.24, 2.45) is 0 Å². The Hall–Kier alpha value is -4.02. The number of rotatable bonds is 9. The van der Waals surface area contributed by atoms with E-state index >= 15 is 0 Å². The van der Waals surface area contributed by atoms with Gasteiger partial charge in [-0.15, -0.1) is 11.8 Å². The molecule has 0 radical (unpaired) electrons. The summed E-state index contributed by atoms with van der Waals surface area (Å²) < 4.78 is 12.8. The molecule has 0 unspecified atom stereocenters. The Morgan fingerprint density at radius 2 is 1.77 bits per heavy atom. The molecule has 0 aliphatic carbocycles. The van der Waals surface area contributed by atoms with Crippen molar-refractivity contribution in [2.75, 3.05) is 11.1 Å². The predicted molar refractivity (Wildman–Crippen MR) is 151 cm³/mol. The Morgan fingerprint density at radius 1 is 0.950 bits per heavy atom. The van der Waals surface area contributed by atoms with Gasteiger partial charge in [0.25, 0.3) is 5.91 Å². The average molecular weight is 557 g/mol. The van der Waals surface area contributed by atoms with Gasteiger partial charge in [-0.25, -0.2) is 4.79 Å². The smallest absolute Gasteiger partial charge is 0.336 e. The number of anilines is 1. The van der Waals surface area contributed by atoms with Gasteiger partial charge in [0.15, 0.2) is 6.29 Å². The van der Waals surface area contributed by atoms with Gasteiger partial charge in [-0.3, -0.25) is 9.78 Å². The number of aliphatic hydroxyl groups excluding tert-OH is 1. The van der Waals surface area contributed by atoms with Crippen molar-refractivity contribution in [2.45, 2.75) is 36.4 Å². The number of nitrogens with zero attached hydrogens (tertiary/aromatic N) is 1. The Bertz CT molecular complexity index is 1460. The molecule has 2 heterocycles.